The van der Waals surface area contributed by atoms with Crippen LogP contribution in [0.1, 0.15) is 5.69 Å². The van der Waals surface area contributed by atoms with Gasteiger partial charge in [0.2, 0.25) is 0 Å². The van der Waals surface area contributed by atoms with Gasteiger partial charge in [-0.3, -0.25) is 4.98 Å². The monoisotopic (exact) mass is 264 g/mol. The molecule has 92 valence electrons. The maximum atomic E-state index is 5.39. The van der Waals surface area contributed by atoms with E-state index in [1.165, 1.54) is 5.39 Å². The molecule has 0 spiro atoms. The van der Waals surface area contributed by atoms with Crippen LogP contribution in [0.2, 0.25) is 0 Å². The second-order valence-corrected chi connectivity index (χ2v) is 4.60. The average Bonchev–Trinajstić information content (AvgIpc) is 2.48. The summed E-state index contributed by atoms with van der Waals surface area (Å²) in [5, 5.41) is 5.62. The minimum Gasteiger partial charge on any atom is -0.344 e. The van der Waals surface area contributed by atoms with Gasteiger partial charge in [-0.15, -0.1) is 0 Å². The van der Waals surface area contributed by atoms with Crippen molar-refractivity contribution in [3.05, 3.63) is 72.6 Å². The maximum absolute atomic E-state index is 5.39. The molecule has 19 heavy (non-hydrogen) atoms. The minimum absolute atomic E-state index is 0.636. The molecule has 0 saturated heterocycles. The van der Waals surface area contributed by atoms with E-state index in [9.17, 15) is 0 Å². The third kappa shape index (κ3) is 2.46. The van der Waals surface area contributed by atoms with E-state index < -0.39 is 0 Å². The van der Waals surface area contributed by atoms with E-state index in [2.05, 4.69) is 28.5 Å². The van der Waals surface area contributed by atoms with E-state index in [1.807, 2.05) is 42.5 Å². The van der Waals surface area contributed by atoms with E-state index in [0.29, 0.717) is 4.99 Å². The number of rotatable bonds is 2. The Morgan fingerprint density at radius 3 is 2.53 bits per heavy atom. The number of pyridine rings is 1. The molecule has 1 aromatic heterocycles. The lowest BCUT2D eigenvalue weighted by molar-refractivity contribution is 1.30. The van der Waals surface area contributed by atoms with Crippen molar-refractivity contribution in [3.63, 3.8) is 0 Å². The smallest absolute Gasteiger partial charge is 0.129 e. The molecule has 1 N–H and O–H groups in total. The highest BCUT2D eigenvalue weighted by molar-refractivity contribution is 7.81. The van der Waals surface area contributed by atoms with Crippen LogP contribution in [0.25, 0.3) is 10.8 Å². The highest BCUT2D eigenvalue weighted by Crippen LogP contribution is 2.23. The van der Waals surface area contributed by atoms with Gasteiger partial charge in [-0.05, 0) is 23.6 Å². The van der Waals surface area contributed by atoms with Gasteiger partial charge in [0.15, 0.2) is 0 Å². The van der Waals surface area contributed by atoms with Gasteiger partial charge in [0.25, 0.3) is 0 Å². The summed E-state index contributed by atoms with van der Waals surface area (Å²) < 4.78 is 0. The Bertz CT molecular complexity index is 718. The number of fused-ring (bicyclic) bond motifs is 1. The largest absolute Gasteiger partial charge is 0.344 e. The zero-order valence-electron chi connectivity index (χ0n) is 10.2. The third-order valence-electron chi connectivity index (χ3n) is 2.94. The van der Waals surface area contributed by atoms with Crippen molar-refractivity contribution in [1.82, 2.24) is 4.98 Å². The lowest BCUT2D eigenvalue weighted by Gasteiger charge is -2.10. The average molecular weight is 264 g/mol. The van der Waals surface area contributed by atoms with Crippen LogP contribution < -0.4 is 5.32 Å². The Balaban J connectivity index is 1.96. The Kier molecular flexibility index (Phi) is 3.21. The van der Waals surface area contributed by atoms with Crippen molar-refractivity contribution in [2.45, 2.75) is 0 Å². The summed E-state index contributed by atoms with van der Waals surface area (Å²) in [6.07, 6.45) is 1.74. The first-order valence-corrected chi connectivity index (χ1v) is 6.45. The van der Waals surface area contributed by atoms with Gasteiger partial charge in [0.1, 0.15) is 4.99 Å². The quantitative estimate of drug-likeness (QED) is 0.708. The Hall–Kier alpha value is -2.26. The number of anilines is 1. The Labute approximate surface area is 117 Å². The molecule has 0 unspecified atom stereocenters. The molecule has 0 fully saturated rings. The number of hydrogen-bond donors (Lipinski definition) is 1. The fourth-order valence-electron chi connectivity index (χ4n) is 2.02. The fourth-order valence-corrected chi connectivity index (χ4v) is 2.25. The zero-order valence-corrected chi connectivity index (χ0v) is 11.0. The summed E-state index contributed by atoms with van der Waals surface area (Å²) in [6.45, 7) is 0. The predicted molar refractivity (Wildman–Crippen MR) is 83.5 cm³/mol. The number of nitrogens with one attached hydrogen (secondary N) is 1. The van der Waals surface area contributed by atoms with E-state index in [1.54, 1.807) is 6.20 Å². The van der Waals surface area contributed by atoms with Gasteiger partial charge in [0, 0.05) is 17.3 Å². The summed E-state index contributed by atoms with van der Waals surface area (Å²) >= 11 is 5.39. The molecular formula is C16H12N2S. The van der Waals surface area contributed by atoms with E-state index in [4.69, 9.17) is 12.2 Å². The molecule has 0 radical (unpaired) electrons. The second kappa shape index (κ2) is 5.16. The van der Waals surface area contributed by atoms with Crippen LogP contribution >= 0.6 is 12.2 Å². The first kappa shape index (κ1) is 11.8. The number of hydrogen-bond acceptors (Lipinski definition) is 2. The molecule has 0 atom stereocenters. The minimum atomic E-state index is 0.636. The van der Waals surface area contributed by atoms with Crippen LogP contribution in [0.15, 0.2) is 66.9 Å². The molecular weight excluding hydrogens is 252 g/mol. The second-order valence-electron chi connectivity index (χ2n) is 4.20. The number of benzene rings is 2. The summed E-state index contributed by atoms with van der Waals surface area (Å²) in [5.41, 5.74) is 1.79. The summed E-state index contributed by atoms with van der Waals surface area (Å²) in [7, 11) is 0. The van der Waals surface area contributed by atoms with Crippen molar-refractivity contribution in [3.8, 4) is 0 Å². The molecule has 0 amide bonds. The van der Waals surface area contributed by atoms with Gasteiger partial charge in [0.05, 0.1) is 5.69 Å². The van der Waals surface area contributed by atoms with Gasteiger partial charge < -0.3 is 5.32 Å². The van der Waals surface area contributed by atoms with E-state index in [0.717, 1.165) is 16.8 Å². The van der Waals surface area contributed by atoms with Crippen LogP contribution in [-0.2, 0) is 0 Å². The molecule has 0 aliphatic heterocycles. The molecule has 2 nitrogen and oxygen atoms in total. The highest BCUT2D eigenvalue weighted by atomic mass is 32.1. The molecule has 2 aromatic carbocycles. The SMILES string of the molecule is S=C(Nc1cccc2ccccc12)c1ccccn1. The van der Waals surface area contributed by atoms with Gasteiger partial charge in [-0.2, -0.15) is 0 Å². The van der Waals surface area contributed by atoms with Crippen LogP contribution in [0.5, 0.6) is 0 Å². The first-order chi connectivity index (χ1) is 9.34. The lowest BCUT2D eigenvalue weighted by Crippen LogP contribution is -2.12. The van der Waals surface area contributed by atoms with Crippen LogP contribution in [-0.4, -0.2) is 9.97 Å². The third-order valence-corrected chi connectivity index (χ3v) is 3.25. The molecule has 1 heterocycles. The highest BCUT2D eigenvalue weighted by Gasteiger charge is 2.05. The molecule has 0 saturated carbocycles. The number of nitrogens with zero attached hydrogens (tertiary/aromatic N) is 1. The Morgan fingerprint density at radius 2 is 1.68 bits per heavy atom. The van der Waals surface area contributed by atoms with Crippen molar-refractivity contribution >= 4 is 33.7 Å². The Morgan fingerprint density at radius 1 is 0.895 bits per heavy atom. The van der Waals surface area contributed by atoms with Gasteiger partial charge in [-0.25, -0.2) is 0 Å². The van der Waals surface area contributed by atoms with Crippen molar-refractivity contribution in [2.75, 3.05) is 5.32 Å². The zero-order chi connectivity index (χ0) is 13.1. The van der Waals surface area contributed by atoms with Crippen LogP contribution in [0.3, 0.4) is 0 Å². The summed E-state index contributed by atoms with van der Waals surface area (Å²) in [6, 6.07) is 20.1. The molecule has 3 heteroatoms. The maximum Gasteiger partial charge on any atom is 0.129 e. The van der Waals surface area contributed by atoms with Crippen molar-refractivity contribution < 1.29 is 0 Å². The molecule has 3 aromatic rings. The van der Waals surface area contributed by atoms with Crippen LogP contribution in [0, 0.1) is 0 Å². The molecule has 0 aliphatic carbocycles. The molecule has 0 aliphatic rings. The van der Waals surface area contributed by atoms with E-state index in [-0.39, 0.29) is 0 Å². The fraction of sp³-hybridized carbons (Fsp3) is 0. The number of thiocarbonyl (C=S) groups is 1. The van der Waals surface area contributed by atoms with Gasteiger partial charge >= 0.3 is 0 Å². The molecule has 3 rings (SSSR count). The topological polar surface area (TPSA) is 24.9 Å². The number of aromatic nitrogens is 1. The normalized spacial score (nSPS) is 10.3. The predicted octanol–water partition coefficient (Wildman–Crippen LogP) is 4.02. The molecule has 0 bridgehead atoms. The standard InChI is InChI=1S/C16H12N2S/c19-16(15-9-3-4-11-17-15)18-14-10-5-7-12-6-1-2-8-13(12)14/h1-11H,(H,18,19). The van der Waals surface area contributed by atoms with Crippen molar-refractivity contribution in [1.29, 1.82) is 0 Å². The van der Waals surface area contributed by atoms with Gasteiger partial charge in [-0.1, -0.05) is 54.7 Å². The first-order valence-electron chi connectivity index (χ1n) is 6.05. The summed E-state index contributed by atoms with van der Waals surface area (Å²) in [5.74, 6) is 0. The van der Waals surface area contributed by atoms with Crippen molar-refractivity contribution in [2.24, 2.45) is 0 Å². The van der Waals surface area contributed by atoms with E-state index >= 15 is 0 Å². The summed E-state index contributed by atoms with van der Waals surface area (Å²) in [4.78, 5) is 4.89. The lowest BCUT2D eigenvalue weighted by atomic mass is 10.1. The van der Waals surface area contributed by atoms with Crippen LogP contribution in [0.4, 0.5) is 5.69 Å².